The molecular formula is C11H25NO3. The van der Waals surface area contributed by atoms with E-state index in [4.69, 9.17) is 14.2 Å². The molecule has 0 heterocycles. The van der Waals surface area contributed by atoms with Crippen molar-refractivity contribution in [1.82, 2.24) is 5.32 Å². The molecule has 0 amide bonds. The first kappa shape index (κ1) is 14.8. The van der Waals surface area contributed by atoms with Gasteiger partial charge in [-0.2, -0.15) is 0 Å². The topological polar surface area (TPSA) is 39.7 Å². The van der Waals surface area contributed by atoms with Crippen molar-refractivity contribution >= 4 is 0 Å². The van der Waals surface area contributed by atoms with E-state index in [1.54, 1.807) is 7.11 Å². The van der Waals surface area contributed by atoms with Crippen molar-refractivity contribution in [1.29, 1.82) is 0 Å². The van der Waals surface area contributed by atoms with Crippen LogP contribution in [0.25, 0.3) is 0 Å². The third kappa shape index (κ3) is 11.8. The lowest BCUT2D eigenvalue weighted by Crippen LogP contribution is -2.33. The molecule has 4 nitrogen and oxygen atoms in total. The van der Waals surface area contributed by atoms with Crippen molar-refractivity contribution in [2.75, 3.05) is 46.7 Å². The van der Waals surface area contributed by atoms with Gasteiger partial charge in [-0.1, -0.05) is 6.92 Å². The van der Waals surface area contributed by atoms with Crippen LogP contribution in [0.4, 0.5) is 0 Å². The van der Waals surface area contributed by atoms with Gasteiger partial charge in [0.2, 0.25) is 0 Å². The summed E-state index contributed by atoms with van der Waals surface area (Å²) < 4.78 is 15.7. The monoisotopic (exact) mass is 219 g/mol. The summed E-state index contributed by atoms with van der Waals surface area (Å²) in [6.45, 7) is 8.71. The van der Waals surface area contributed by atoms with Gasteiger partial charge in [0.25, 0.3) is 0 Å². The Hall–Kier alpha value is -0.160. The minimum atomic E-state index is 0.384. The number of methoxy groups -OCH3 is 1. The first-order valence-electron chi connectivity index (χ1n) is 5.69. The Labute approximate surface area is 93.3 Å². The fraction of sp³-hybridized carbons (Fsp3) is 1.00. The highest BCUT2D eigenvalue weighted by Gasteiger charge is 1.98. The van der Waals surface area contributed by atoms with Crippen LogP contribution in [-0.2, 0) is 14.2 Å². The van der Waals surface area contributed by atoms with Crippen LogP contribution >= 0.6 is 0 Å². The molecule has 15 heavy (non-hydrogen) atoms. The molecule has 0 aromatic carbocycles. The lowest BCUT2D eigenvalue weighted by molar-refractivity contribution is 0.0477. The summed E-state index contributed by atoms with van der Waals surface area (Å²) in [4.78, 5) is 0. The molecule has 0 aliphatic carbocycles. The molecule has 0 aromatic heterocycles. The zero-order valence-corrected chi connectivity index (χ0v) is 10.3. The summed E-state index contributed by atoms with van der Waals surface area (Å²) in [5, 5.41) is 3.29. The van der Waals surface area contributed by atoms with Gasteiger partial charge >= 0.3 is 0 Å². The first-order chi connectivity index (χ1) is 7.31. The molecule has 0 radical (unpaired) electrons. The molecule has 1 N–H and O–H groups in total. The van der Waals surface area contributed by atoms with Crippen LogP contribution in [0, 0.1) is 0 Å². The highest BCUT2D eigenvalue weighted by molar-refractivity contribution is 4.57. The van der Waals surface area contributed by atoms with E-state index in [2.05, 4.69) is 19.2 Å². The molecule has 0 rings (SSSR count). The number of ether oxygens (including phenoxy) is 3. The van der Waals surface area contributed by atoms with Gasteiger partial charge in [0, 0.05) is 26.3 Å². The largest absolute Gasteiger partial charge is 0.383 e. The quantitative estimate of drug-likeness (QED) is 0.527. The summed E-state index contributed by atoms with van der Waals surface area (Å²) >= 11 is 0. The Morgan fingerprint density at radius 3 is 2.33 bits per heavy atom. The predicted molar refractivity (Wildman–Crippen MR) is 61.3 cm³/mol. The molecule has 0 spiro atoms. The number of nitrogens with one attached hydrogen (secondary N) is 1. The van der Waals surface area contributed by atoms with Gasteiger partial charge in [-0.3, -0.25) is 0 Å². The Morgan fingerprint density at radius 2 is 1.73 bits per heavy atom. The molecule has 0 aromatic rings. The van der Waals surface area contributed by atoms with Gasteiger partial charge in [0.15, 0.2) is 0 Å². The summed E-state index contributed by atoms with van der Waals surface area (Å²) in [6, 6.07) is 0.384. The van der Waals surface area contributed by atoms with E-state index in [1.165, 1.54) is 0 Å². The summed E-state index contributed by atoms with van der Waals surface area (Å²) in [6.07, 6.45) is 1.07. The molecule has 0 fully saturated rings. The van der Waals surface area contributed by atoms with E-state index in [9.17, 15) is 0 Å². The smallest absolute Gasteiger partial charge is 0.0701 e. The van der Waals surface area contributed by atoms with Crippen molar-refractivity contribution in [3.8, 4) is 0 Å². The second-order valence-corrected chi connectivity index (χ2v) is 3.54. The van der Waals surface area contributed by atoms with Crippen molar-refractivity contribution in [2.45, 2.75) is 26.3 Å². The van der Waals surface area contributed by atoms with Crippen molar-refractivity contribution in [3.63, 3.8) is 0 Å². The SMILES string of the molecule is CCCOCCOCCNC(C)COC. The predicted octanol–water partition coefficient (Wildman–Crippen LogP) is 1.05. The zero-order valence-electron chi connectivity index (χ0n) is 10.3. The number of rotatable bonds is 11. The molecule has 1 unspecified atom stereocenters. The first-order valence-corrected chi connectivity index (χ1v) is 5.69. The second-order valence-electron chi connectivity index (χ2n) is 3.54. The van der Waals surface area contributed by atoms with Crippen molar-refractivity contribution in [2.24, 2.45) is 0 Å². The fourth-order valence-corrected chi connectivity index (χ4v) is 1.15. The minimum absolute atomic E-state index is 0.384. The molecule has 0 saturated heterocycles. The molecule has 1 atom stereocenters. The van der Waals surface area contributed by atoms with Crippen molar-refractivity contribution in [3.05, 3.63) is 0 Å². The number of hydrogen-bond donors (Lipinski definition) is 1. The maximum absolute atomic E-state index is 5.38. The standard InChI is InChI=1S/C11H25NO3/c1-4-6-14-8-9-15-7-5-12-11(2)10-13-3/h11-12H,4-10H2,1-3H3. The van der Waals surface area contributed by atoms with Gasteiger partial charge in [0.05, 0.1) is 26.4 Å². The van der Waals surface area contributed by atoms with Crippen LogP contribution in [-0.4, -0.2) is 52.7 Å². The maximum Gasteiger partial charge on any atom is 0.0701 e. The second kappa shape index (κ2) is 11.9. The van der Waals surface area contributed by atoms with Crippen LogP contribution < -0.4 is 5.32 Å². The Bertz CT molecular complexity index is 122. The summed E-state index contributed by atoms with van der Waals surface area (Å²) in [7, 11) is 1.71. The third-order valence-corrected chi connectivity index (χ3v) is 1.88. The normalized spacial score (nSPS) is 13.0. The van der Waals surface area contributed by atoms with Crippen LogP contribution in [0.3, 0.4) is 0 Å². The molecule has 0 aliphatic heterocycles. The van der Waals surface area contributed by atoms with Gasteiger partial charge < -0.3 is 19.5 Å². The molecule has 0 aliphatic rings. The molecule has 0 saturated carbocycles. The van der Waals surface area contributed by atoms with Crippen LogP contribution in [0.2, 0.25) is 0 Å². The van der Waals surface area contributed by atoms with E-state index < -0.39 is 0 Å². The molecule has 0 bridgehead atoms. The summed E-state index contributed by atoms with van der Waals surface area (Å²) in [5.74, 6) is 0. The molecule has 4 heteroatoms. The minimum Gasteiger partial charge on any atom is -0.383 e. The maximum atomic E-state index is 5.38. The Kier molecular flexibility index (Phi) is 11.8. The molecule has 92 valence electrons. The lowest BCUT2D eigenvalue weighted by atomic mass is 10.3. The van der Waals surface area contributed by atoms with E-state index in [-0.39, 0.29) is 0 Å². The van der Waals surface area contributed by atoms with Crippen molar-refractivity contribution < 1.29 is 14.2 Å². The van der Waals surface area contributed by atoms with Crippen LogP contribution in [0.15, 0.2) is 0 Å². The Balaban J connectivity index is 2.98. The lowest BCUT2D eigenvalue weighted by Gasteiger charge is -2.12. The van der Waals surface area contributed by atoms with Gasteiger partial charge in [-0.15, -0.1) is 0 Å². The third-order valence-electron chi connectivity index (χ3n) is 1.88. The average molecular weight is 219 g/mol. The van der Waals surface area contributed by atoms with Gasteiger partial charge in [-0.25, -0.2) is 0 Å². The zero-order chi connectivity index (χ0) is 11.4. The fourth-order valence-electron chi connectivity index (χ4n) is 1.15. The summed E-state index contributed by atoms with van der Waals surface area (Å²) in [5.41, 5.74) is 0. The van der Waals surface area contributed by atoms with E-state index in [1.807, 2.05) is 0 Å². The van der Waals surface area contributed by atoms with E-state index in [0.717, 1.165) is 32.8 Å². The Morgan fingerprint density at radius 1 is 1.07 bits per heavy atom. The molecular weight excluding hydrogens is 194 g/mol. The van der Waals surface area contributed by atoms with E-state index in [0.29, 0.717) is 19.3 Å². The van der Waals surface area contributed by atoms with E-state index >= 15 is 0 Å². The van der Waals surface area contributed by atoms with Gasteiger partial charge in [0.1, 0.15) is 0 Å². The highest BCUT2D eigenvalue weighted by atomic mass is 16.5. The average Bonchev–Trinajstić information content (AvgIpc) is 2.22. The van der Waals surface area contributed by atoms with Crippen LogP contribution in [0.5, 0.6) is 0 Å². The van der Waals surface area contributed by atoms with Gasteiger partial charge in [-0.05, 0) is 13.3 Å². The number of hydrogen-bond acceptors (Lipinski definition) is 4. The van der Waals surface area contributed by atoms with Crippen LogP contribution in [0.1, 0.15) is 20.3 Å². The highest BCUT2D eigenvalue weighted by Crippen LogP contribution is 1.83.